The summed E-state index contributed by atoms with van der Waals surface area (Å²) in [5.41, 5.74) is 1.92. The number of hydrogen-bond acceptors (Lipinski definition) is 4. The minimum absolute atomic E-state index is 0.0637. The van der Waals surface area contributed by atoms with E-state index in [0.29, 0.717) is 12.1 Å². The van der Waals surface area contributed by atoms with Crippen molar-refractivity contribution >= 4 is 16.9 Å². The summed E-state index contributed by atoms with van der Waals surface area (Å²) in [4.78, 5) is 24.4. The minimum Gasteiger partial charge on any atom is -0.480 e. The third-order valence-corrected chi connectivity index (χ3v) is 3.43. The SMILES string of the molecule is Cc1ccc2c(CN(CC(=O)O)C(C)C)cc(=O)oc2c1. The standard InChI is InChI=1S/C16H19NO4/c1-10(2)17(9-15(18)19)8-12-7-16(20)21-14-6-11(3)4-5-13(12)14/h4-7,10H,8-9H2,1-3H3,(H,18,19). The molecule has 1 aromatic carbocycles. The summed E-state index contributed by atoms with van der Waals surface area (Å²) >= 11 is 0. The Bertz CT molecular complexity index is 718. The number of nitrogens with zero attached hydrogens (tertiary/aromatic N) is 1. The Morgan fingerprint density at radius 3 is 2.67 bits per heavy atom. The van der Waals surface area contributed by atoms with Crippen molar-refractivity contribution in [3.05, 3.63) is 45.8 Å². The summed E-state index contributed by atoms with van der Waals surface area (Å²) in [6, 6.07) is 7.17. The van der Waals surface area contributed by atoms with E-state index in [1.807, 2.05) is 39.0 Å². The Balaban J connectivity index is 2.45. The van der Waals surface area contributed by atoms with Gasteiger partial charge in [0.2, 0.25) is 0 Å². The van der Waals surface area contributed by atoms with Crippen molar-refractivity contribution in [1.82, 2.24) is 4.90 Å². The number of benzene rings is 1. The van der Waals surface area contributed by atoms with Gasteiger partial charge in [-0.1, -0.05) is 12.1 Å². The quantitative estimate of drug-likeness (QED) is 0.856. The maximum Gasteiger partial charge on any atom is 0.336 e. The number of carboxylic acids is 1. The lowest BCUT2D eigenvalue weighted by Gasteiger charge is -2.24. The lowest BCUT2D eigenvalue weighted by atomic mass is 10.1. The van der Waals surface area contributed by atoms with Crippen molar-refractivity contribution < 1.29 is 14.3 Å². The highest BCUT2D eigenvalue weighted by atomic mass is 16.4. The van der Waals surface area contributed by atoms with Crippen molar-refractivity contribution in [2.45, 2.75) is 33.4 Å². The second-order valence-electron chi connectivity index (χ2n) is 5.48. The van der Waals surface area contributed by atoms with Gasteiger partial charge in [0.05, 0.1) is 6.54 Å². The van der Waals surface area contributed by atoms with Gasteiger partial charge in [-0.2, -0.15) is 0 Å². The summed E-state index contributed by atoms with van der Waals surface area (Å²) in [5, 5.41) is 9.84. The molecule has 0 fully saturated rings. The molecule has 0 aliphatic carbocycles. The molecule has 0 amide bonds. The molecule has 0 saturated heterocycles. The van der Waals surface area contributed by atoms with Gasteiger partial charge in [0.1, 0.15) is 5.58 Å². The summed E-state index contributed by atoms with van der Waals surface area (Å²) in [6.07, 6.45) is 0. The van der Waals surface area contributed by atoms with Crippen LogP contribution in [0.25, 0.3) is 11.0 Å². The van der Waals surface area contributed by atoms with Gasteiger partial charge in [0.25, 0.3) is 0 Å². The molecular formula is C16H19NO4. The van der Waals surface area contributed by atoms with Gasteiger partial charge in [-0.15, -0.1) is 0 Å². The zero-order chi connectivity index (χ0) is 15.6. The van der Waals surface area contributed by atoms with Gasteiger partial charge < -0.3 is 9.52 Å². The molecule has 0 aliphatic heterocycles. The van der Waals surface area contributed by atoms with Gasteiger partial charge in [-0.25, -0.2) is 4.79 Å². The Morgan fingerprint density at radius 1 is 1.33 bits per heavy atom. The molecule has 5 heteroatoms. The lowest BCUT2D eigenvalue weighted by Crippen LogP contribution is -2.35. The van der Waals surface area contributed by atoms with Gasteiger partial charge in [-0.05, 0) is 38.0 Å². The van der Waals surface area contributed by atoms with Gasteiger partial charge in [-0.3, -0.25) is 9.69 Å². The van der Waals surface area contributed by atoms with Crippen LogP contribution in [0.4, 0.5) is 0 Å². The van der Waals surface area contributed by atoms with Gasteiger partial charge in [0.15, 0.2) is 0 Å². The fraction of sp³-hybridized carbons (Fsp3) is 0.375. The van der Waals surface area contributed by atoms with Gasteiger partial charge in [0, 0.05) is 24.0 Å². The molecule has 2 aromatic rings. The van der Waals surface area contributed by atoms with E-state index < -0.39 is 11.6 Å². The van der Waals surface area contributed by atoms with Crippen LogP contribution in [0.1, 0.15) is 25.0 Å². The van der Waals surface area contributed by atoms with Crippen LogP contribution in [0.5, 0.6) is 0 Å². The highest BCUT2D eigenvalue weighted by Gasteiger charge is 2.16. The normalized spacial score (nSPS) is 11.5. The molecule has 2 rings (SSSR count). The van der Waals surface area contributed by atoms with E-state index in [1.54, 1.807) is 4.90 Å². The average molecular weight is 289 g/mol. The highest BCUT2D eigenvalue weighted by molar-refractivity contribution is 5.80. The van der Waals surface area contributed by atoms with Crippen LogP contribution in [0.2, 0.25) is 0 Å². The fourth-order valence-corrected chi connectivity index (χ4v) is 2.28. The monoisotopic (exact) mass is 289 g/mol. The van der Waals surface area contributed by atoms with Crippen molar-refractivity contribution in [3.63, 3.8) is 0 Å². The molecule has 1 N–H and O–H groups in total. The first-order valence-electron chi connectivity index (χ1n) is 6.86. The Morgan fingerprint density at radius 2 is 2.05 bits per heavy atom. The maximum absolute atomic E-state index is 11.7. The van der Waals surface area contributed by atoms with Gasteiger partial charge >= 0.3 is 11.6 Å². The number of carboxylic acid groups (broad SMARTS) is 1. The molecule has 0 unspecified atom stereocenters. The second kappa shape index (κ2) is 6.10. The number of hydrogen-bond donors (Lipinski definition) is 1. The zero-order valence-electron chi connectivity index (χ0n) is 12.4. The number of carbonyl (C=O) groups is 1. The van der Waals surface area contributed by atoms with Crippen LogP contribution in [0, 0.1) is 6.92 Å². The molecule has 0 atom stereocenters. The van der Waals surface area contributed by atoms with Crippen LogP contribution in [0.3, 0.4) is 0 Å². The summed E-state index contributed by atoms with van der Waals surface area (Å²) in [5.74, 6) is -0.883. The predicted molar refractivity (Wildman–Crippen MR) is 80.4 cm³/mol. The minimum atomic E-state index is -0.883. The number of rotatable bonds is 5. The van der Waals surface area contributed by atoms with E-state index in [2.05, 4.69) is 0 Å². The van der Waals surface area contributed by atoms with E-state index in [1.165, 1.54) is 6.07 Å². The van der Waals surface area contributed by atoms with Crippen molar-refractivity contribution in [3.8, 4) is 0 Å². The van der Waals surface area contributed by atoms with Crippen LogP contribution < -0.4 is 5.63 Å². The second-order valence-corrected chi connectivity index (χ2v) is 5.48. The van der Waals surface area contributed by atoms with Crippen LogP contribution in [0.15, 0.2) is 33.5 Å². The molecular weight excluding hydrogens is 270 g/mol. The smallest absolute Gasteiger partial charge is 0.336 e. The first-order chi connectivity index (χ1) is 9.86. The highest BCUT2D eigenvalue weighted by Crippen LogP contribution is 2.20. The molecule has 112 valence electrons. The first-order valence-corrected chi connectivity index (χ1v) is 6.86. The lowest BCUT2D eigenvalue weighted by molar-refractivity contribution is -0.138. The molecule has 21 heavy (non-hydrogen) atoms. The topological polar surface area (TPSA) is 70.8 Å². The van der Waals surface area contributed by atoms with Crippen molar-refractivity contribution in [1.29, 1.82) is 0 Å². The van der Waals surface area contributed by atoms with E-state index in [0.717, 1.165) is 16.5 Å². The Labute approximate surface area is 122 Å². The molecule has 0 saturated carbocycles. The number of fused-ring (bicyclic) bond motifs is 1. The molecule has 1 aromatic heterocycles. The predicted octanol–water partition coefficient (Wildman–Crippen LogP) is 2.40. The average Bonchev–Trinajstić information content (AvgIpc) is 2.36. The number of aliphatic carboxylic acids is 1. The van der Waals surface area contributed by atoms with Crippen LogP contribution in [-0.2, 0) is 11.3 Å². The first kappa shape index (κ1) is 15.3. The molecule has 0 spiro atoms. The Kier molecular flexibility index (Phi) is 4.43. The van der Waals surface area contributed by atoms with E-state index in [9.17, 15) is 9.59 Å². The third kappa shape index (κ3) is 3.70. The molecule has 0 radical (unpaired) electrons. The number of aryl methyl sites for hydroxylation is 1. The molecule has 0 aliphatic rings. The molecule has 1 heterocycles. The van der Waals surface area contributed by atoms with Crippen LogP contribution >= 0.6 is 0 Å². The summed E-state index contributed by atoms with van der Waals surface area (Å²) in [7, 11) is 0. The van der Waals surface area contributed by atoms with Crippen molar-refractivity contribution in [2.24, 2.45) is 0 Å². The summed E-state index contributed by atoms with van der Waals surface area (Å²) < 4.78 is 5.22. The fourth-order valence-electron chi connectivity index (χ4n) is 2.28. The van der Waals surface area contributed by atoms with Crippen LogP contribution in [-0.4, -0.2) is 28.6 Å². The zero-order valence-corrected chi connectivity index (χ0v) is 12.4. The van der Waals surface area contributed by atoms with Crippen molar-refractivity contribution in [2.75, 3.05) is 6.54 Å². The Hall–Kier alpha value is -2.14. The summed E-state index contributed by atoms with van der Waals surface area (Å²) in [6.45, 7) is 6.12. The van der Waals surface area contributed by atoms with E-state index in [4.69, 9.17) is 9.52 Å². The molecule has 0 bridgehead atoms. The van der Waals surface area contributed by atoms with E-state index in [-0.39, 0.29) is 12.6 Å². The molecule has 5 nitrogen and oxygen atoms in total. The largest absolute Gasteiger partial charge is 0.480 e. The van der Waals surface area contributed by atoms with E-state index >= 15 is 0 Å². The third-order valence-electron chi connectivity index (χ3n) is 3.43. The maximum atomic E-state index is 11.7.